The predicted octanol–water partition coefficient (Wildman–Crippen LogP) is 5.27. The van der Waals surface area contributed by atoms with Crippen LogP contribution in [0.2, 0.25) is 5.02 Å². The summed E-state index contributed by atoms with van der Waals surface area (Å²) < 4.78 is 7.68. The number of hydrogen-bond donors (Lipinski definition) is 1. The normalized spacial score (nSPS) is 18.9. The van der Waals surface area contributed by atoms with Crippen molar-refractivity contribution in [1.29, 1.82) is 0 Å². The number of methoxy groups -OCH3 is 1. The van der Waals surface area contributed by atoms with E-state index in [0.29, 0.717) is 50.9 Å². The molecule has 2 aromatic heterocycles. The number of nitrogens with zero attached hydrogens (tertiary/aromatic N) is 6. The minimum absolute atomic E-state index is 0.190. The van der Waals surface area contributed by atoms with E-state index in [1.165, 1.54) is 0 Å². The van der Waals surface area contributed by atoms with Gasteiger partial charge in [0.2, 0.25) is 11.8 Å². The van der Waals surface area contributed by atoms with Crippen LogP contribution in [0.4, 0.5) is 17.3 Å². The highest BCUT2D eigenvalue weighted by Gasteiger charge is 2.64. The molecule has 2 amide bonds. The topological polar surface area (TPSA) is 105 Å². The first-order valence-electron chi connectivity index (χ1n) is 14.0. The summed E-state index contributed by atoms with van der Waals surface area (Å²) in [5.74, 6) is 0.682. The molecule has 4 aromatic rings. The van der Waals surface area contributed by atoms with E-state index in [0.717, 1.165) is 30.6 Å². The van der Waals surface area contributed by atoms with Crippen molar-refractivity contribution >= 4 is 40.7 Å². The first-order valence-corrected chi connectivity index (χ1v) is 14.4. The standard InChI is InChI=1S/C31H30ClN7O3/c1-16(2)38-25-24(35-26(38)20-15-33-30(36-27(20)42-5)37-11-6-12-37)28(40)39(23-14-19(32)9-8-18(23)4)31(25)21-10-7-17(3)13-22(21)34-29(31)41/h7-10,13-16H,6,11-12H2,1-5H3,(H,34,41). The zero-order chi connectivity index (χ0) is 29.5. The fourth-order valence-corrected chi connectivity index (χ4v) is 6.47. The van der Waals surface area contributed by atoms with Gasteiger partial charge in [0.25, 0.3) is 11.8 Å². The molecule has 3 aliphatic rings. The van der Waals surface area contributed by atoms with Crippen molar-refractivity contribution in [3.05, 3.63) is 75.7 Å². The van der Waals surface area contributed by atoms with Crippen LogP contribution < -0.4 is 19.9 Å². The van der Waals surface area contributed by atoms with Crippen molar-refractivity contribution in [2.45, 2.75) is 45.7 Å². The Bertz CT molecular complexity index is 1810. The van der Waals surface area contributed by atoms with E-state index in [1.54, 1.807) is 30.3 Å². The molecular weight excluding hydrogens is 554 g/mol. The molecule has 0 radical (unpaired) electrons. The Morgan fingerprint density at radius 2 is 1.86 bits per heavy atom. The molecule has 7 rings (SSSR count). The Kier molecular flexibility index (Phi) is 5.85. The lowest BCUT2D eigenvalue weighted by Crippen LogP contribution is -2.51. The van der Waals surface area contributed by atoms with Crippen LogP contribution in [0.3, 0.4) is 0 Å². The molecule has 1 N–H and O–H groups in total. The van der Waals surface area contributed by atoms with Crippen molar-refractivity contribution in [3.63, 3.8) is 0 Å². The number of carbonyl (C=O) groups excluding carboxylic acids is 2. The van der Waals surface area contributed by atoms with E-state index >= 15 is 0 Å². The SMILES string of the molecule is COc1nc(N2CCC2)ncc1-c1nc2c(n1C(C)C)C1(C(=O)Nc3cc(C)ccc31)N(c1cc(Cl)ccc1C)C2=O. The van der Waals surface area contributed by atoms with Gasteiger partial charge in [0.1, 0.15) is 5.82 Å². The van der Waals surface area contributed by atoms with E-state index in [-0.39, 0.29) is 17.6 Å². The van der Waals surface area contributed by atoms with Crippen LogP contribution in [0.25, 0.3) is 11.4 Å². The van der Waals surface area contributed by atoms with Gasteiger partial charge in [-0.05, 0) is 63.4 Å². The Morgan fingerprint density at radius 1 is 1.07 bits per heavy atom. The molecular formula is C31H30ClN7O3. The number of hydrogen-bond acceptors (Lipinski definition) is 7. The van der Waals surface area contributed by atoms with Gasteiger partial charge in [0.05, 0.1) is 24.1 Å². The third-order valence-corrected chi connectivity index (χ3v) is 8.61. The summed E-state index contributed by atoms with van der Waals surface area (Å²) in [7, 11) is 1.56. The zero-order valence-corrected chi connectivity index (χ0v) is 24.8. The van der Waals surface area contributed by atoms with E-state index in [4.69, 9.17) is 21.3 Å². The highest BCUT2D eigenvalue weighted by atomic mass is 35.5. The molecule has 0 saturated carbocycles. The lowest BCUT2D eigenvalue weighted by molar-refractivity contribution is -0.119. The third kappa shape index (κ3) is 3.47. The van der Waals surface area contributed by atoms with Crippen molar-refractivity contribution in [1.82, 2.24) is 19.5 Å². The molecule has 0 aliphatic carbocycles. The number of halogens is 1. The van der Waals surface area contributed by atoms with E-state index < -0.39 is 11.4 Å². The van der Waals surface area contributed by atoms with Crippen molar-refractivity contribution in [3.8, 4) is 17.3 Å². The summed E-state index contributed by atoms with van der Waals surface area (Å²) in [6.45, 7) is 9.65. The van der Waals surface area contributed by atoms with E-state index in [9.17, 15) is 9.59 Å². The fraction of sp³-hybridized carbons (Fsp3) is 0.323. The summed E-state index contributed by atoms with van der Waals surface area (Å²) in [6.07, 6.45) is 2.78. The van der Waals surface area contributed by atoms with Gasteiger partial charge in [-0.2, -0.15) is 4.98 Å². The number of aromatic nitrogens is 4. The van der Waals surface area contributed by atoms with Gasteiger partial charge in [0, 0.05) is 41.6 Å². The Morgan fingerprint density at radius 3 is 2.55 bits per heavy atom. The lowest BCUT2D eigenvalue weighted by atomic mass is 9.86. The van der Waals surface area contributed by atoms with Crippen LogP contribution in [0.15, 0.2) is 42.6 Å². The number of rotatable bonds is 5. The summed E-state index contributed by atoms with van der Waals surface area (Å²) in [4.78, 5) is 46.9. The number of anilines is 3. The summed E-state index contributed by atoms with van der Waals surface area (Å²) >= 11 is 6.46. The number of carbonyl (C=O) groups is 2. The summed E-state index contributed by atoms with van der Waals surface area (Å²) in [5, 5.41) is 3.54. The van der Waals surface area contributed by atoms with Crippen LogP contribution in [0.1, 0.15) is 59.2 Å². The molecule has 1 atom stereocenters. The fourth-order valence-electron chi connectivity index (χ4n) is 6.30. The van der Waals surface area contributed by atoms with E-state index in [1.807, 2.05) is 56.5 Å². The highest BCUT2D eigenvalue weighted by Crippen LogP contribution is 2.55. The van der Waals surface area contributed by atoms with Crippen molar-refractivity contribution in [2.75, 3.05) is 35.3 Å². The average Bonchev–Trinajstić information content (AvgIpc) is 3.53. The molecule has 1 fully saturated rings. The third-order valence-electron chi connectivity index (χ3n) is 8.38. The van der Waals surface area contributed by atoms with E-state index in [2.05, 4.69) is 20.2 Å². The molecule has 3 aliphatic heterocycles. The molecule has 10 nitrogen and oxygen atoms in total. The molecule has 0 bridgehead atoms. The molecule has 1 spiro atoms. The molecule has 1 unspecified atom stereocenters. The number of fused-ring (bicyclic) bond motifs is 4. The second kappa shape index (κ2) is 9.29. The molecule has 2 aromatic carbocycles. The quantitative estimate of drug-likeness (QED) is 0.341. The summed E-state index contributed by atoms with van der Waals surface area (Å²) in [6, 6.07) is 11.0. The maximum Gasteiger partial charge on any atom is 0.280 e. The molecule has 42 heavy (non-hydrogen) atoms. The first kappa shape index (κ1) is 26.5. The number of imidazole rings is 1. The molecule has 5 heterocycles. The van der Waals surface area contributed by atoms with Gasteiger partial charge in [-0.25, -0.2) is 9.97 Å². The monoisotopic (exact) mass is 583 g/mol. The Labute approximate surface area is 248 Å². The van der Waals surface area contributed by atoms with Gasteiger partial charge < -0.3 is 19.5 Å². The highest BCUT2D eigenvalue weighted by molar-refractivity contribution is 6.31. The van der Waals surface area contributed by atoms with Gasteiger partial charge in [-0.3, -0.25) is 14.5 Å². The second-order valence-electron chi connectivity index (χ2n) is 11.3. The number of amides is 2. The number of benzene rings is 2. The largest absolute Gasteiger partial charge is 0.480 e. The number of aryl methyl sites for hydroxylation is 2. The summed E-state index contributed by atoms with van der Waals surface area (Å²) in [5.41, 5.74) is 3.37. The number of nitrogens with one attached hydrogen (secondary N) is 1. The minimum Gasteiger partial charge on any atom is -0.480 e. The van der Waals surface area contributed by atoms with Crippen LogP contribution >= 0.6 is 11.6 Å². The van der Waals surface area contributed by atoms with Crippen LogP contribution in [0, 0.1) is 13.8 Å². The van der Waals surface area contributed by atoms with Crippen LogP contribution in [-0.2, 0) is 10.3 Å². The lowest BCUT2D eigenvalue weighted by Gasteiger charge is -2.36. The Hall–Kier alpha value is -4.44. The molecule has 1 saturated heterocycles. The minimum atomic E-state index is -1.52. The second-order valence-corrected chi connectivity index (χ2v) is 11.8. The maximum absolute atomic E-state index is 14.6. The Balaban J connectivity index is 1.53. The van der Waals surface area contributed by atoms with Gasteiger partial charge in [-0.1, -0.05) is 29.8 Å². The molecule has 214 valence electrons. The van der Waals surface area contributed by atoms with Crippen molar-refractivity contribution < 1.29 is 14.3 Å². The number of ether oxygens (including phenoxy) is 1. The van der Waals surface area contributed by atoms with Gasteiger partial charge in [-0.15, -0.1) is 0 Å². The van der Waals surface area contributed by atoms with Crippen LogP contribution in [0.5, 0.6) is 5.88 Å². The van der Waals surface area contributed by atoms with Gasteiger partial charge >= 0.3 is 0 Å². The first-order chi connectivity index (χ1) is 20.2. The van der Waals surface area contributed by atoms with Gasteiger partial charge in [0.15, 0.2) is 11.2 Å². The average molecular weight is 584 g/mol. The maximum atomic E-state index is 14.6. The molecule has 11 heteroatoms. The predicted molar refractivity (Wildman–Crippen MR) is 161 cm³/mol. The van der Waals surface area contributed by atoms with Crippen molar-refractivity contribution in [2.24, 2.45) is 0 Å². The smallest absolute Gasteiger partial charge is 0.280 e. The zero-order valence-electron chi connectivity index (χ0n) is 24.0. The van der Waals surface area contributed by atoms with Crippen LogP contribution in [-0.4, -0.2) is 51.5 Å².